The fourth-order valence-corrected chi connectivity index (χ4v) is 2.14. The number of ether oxygens (including phenoxy) is 1. The van der Waals surface area contributed by atoms with Crippen molar-refractivity contribution in [2.45, 2.75) is 51.9 Å². The molecule has 112 valence electrons. The SMILES string of the molecule is COCCN(Cc1ccc(CNC2CC2)cn1)C(C)C. The Morgan fingerprint density at radius 3 is 2.75 bits per heavy atom. The standard InChI is InChI=1S/C16H27N3O/c1-13(2)19(8-9-20-3)12-16-5-4-14(11-18-16)10-17-15-6-7-15/h4-5,11,13,15,17H,6-10,12H2,1-3H3. The van der Waals surface area contributed by atoms with Crippen molar-refractivity contribution in [3.05, 3.63) is 29.6 Å². The molecule has 4 nitrogen and oxygen atoms in total. The Labute approximate surface area is 122 Å². The molecule has 0 unspecified atom stereocenters. The van der Waals surface area contributed by atoms with E-state index in [1.165, 1.54) is 18.4 Å². The Hall–Kier alpha value is -0.970. The largest absolute Gasteiger partial charge is 0.383 e. The summed E-state index contributed by atoms with van der Waals surface area (Å²) in [6, 6.07) is 5.59. The molecular weight excluding hydrogens is 250 g/mol. The van der Waals surface area contributed by atoms with Gasteiger partial charge in [0.15, 0.2) is 0 Å². The zero-order valence-electron chi connectivity index (χ0n) is 12.9. The van der Waals surface area contributed by atoms with Crippen molar-refractivity contribution >= 4 is 0 Å². The van der Waals surface area contributed by atoms with Crippen molar-refractivity contribution < 1.29 is 4.74 Å². The van der Waals surface area contributed by atoms with Gasteiger partial charge in [0.1, 0.15) is 0 Å². The van der Waals surface area contributed by atoms with Crippen molar-refractivity contribution in [2.75, 3.05) is 20.3 Å². The molecule has 0 atom stereocenters. The highest BCUT2D eigenvalue weighted by Gasteiger charge is 2.19. The lowest BCUT2D eigenvalue weighted by Crippen LogP contribution is -2.33. The number of rotatable bonds is 9. The van der Waals surface area contributed by atoms with Crippen LogP contribution in [0.5, 0.6) is 0 Å². The molecule has 0 spiro atoms. The number of pyridine rings is 1. The van der Waals surface area contributed by atoms with E-state index < -0.39 is 0 Å². The molecule has 1 aromatic heterocycles. The van der Waals surface area contributed by atoms with Crippen LogP contribution >= 0.6 is 0 Å². The average molecular weight is 277 g/mol. The summed E-state index contributed by atoms with van der Waals surface area (Å²) in [4.78, 5) is 6.97. The van der Waals surface area contributed by atoms with E-state index in [9.17, 15) is 0 Å². The quantitative estimate of drug-likeness (QED) is 0.751. The zero-order chi connectivity index (χ0) is 14.4. The second-order valence-electron chi connectivity index (χ2n) is 5.87. The van der Waals surface area contributed by atoms with E-state index in [2.05, 4.69) is 41.2 Å². The highest BCUT2D eigenvalue weighted by molar-refractivity contribution is 5.14. The van der Waals surface area contributed by atoms with Gasteiger partial charge in [0, 0.05) is 45.0 Å². The fraction of sp³-hybridized carbons (Fsp3) is 0.688. The lowest BCUT2D eigenvalue weighted by molar-refractivity contribution is 0.124. The van der Waals surface area contributed by atoms with E-state index >= 15 is 0 Å². The maximum Gasteiger partial charge on any atom is 0.0589 e. The molecule has 1 heterocycles. The normalized spacial score (nSPS) is 15.2. The molecule has 1 aromatic rings. The van der Waals surface area contributed by atoms with E-state index in [-0.39, 0.29) is 0 Å². The highest BCUT2D eigenvalue weighted by atomic mass is 16.5. The van der Waals surface area contributed by atoms with Gasteiger partial charge in [-0.25, -0.2) is 0 Å². The topological polar surface area (TPSA) is 37.4 Å². The zero-order valence-corrected chi connectivity index (χ0v) is 12.9. The van der Waals surface area contributed by atoms with Crippen LogP contribution in [0, 0.1) is 0 Å². The van der Waals surface area contributed by atoms with Gasteiger partial charge in [-0.05, 0) is 38.3 Å². The fourth-order valence-electron chi connectivity index (χ4n) is 2.14. The van der Waals surface area contributed by atoms with Gasteiger partial charge in [-0.1, -0.05) is 6.07 Å². The highest BCUT2D eigenvalue weighted by Crippen LogP contribution is 2.19. The number of hydrogen-bond donors (Lipinski definition) is 1. The van der Waals surface area contributed by atoms with Crippen LogP contribution in [0.1, 0.15) is 37.9 Å². The maximum absolute atomic E-state index is 5.17. The summed E-state index contributed by atoms with van der Waals surface area (Å²) in [6.45, 7) is 7.96. The molecule has 1 fully saturated rings. The molecular formula is C16H27N3O. The van der Waals surface area contributed by atoms with Crippen molar-refractivity contribution in [2.24, 2.45) is 0 Å². The van der Waals surface area contributed by atoms with E-state index in [0.29, 0.717) is 6.04 Å². The van der Waals surface area contributed by atoms with Gasteiger partial charge in [-0.3, -0.25) is 9.88 Å². The third-order valence-electron chi connectivity index (χ3n) is 3.74. The molecule has 0 radical (unpaired) electrons. The second-order valence-corrected chi connectivity index (χ2v) is 5.87. The molecule has 1 N–H and O–H groups in total. The average Bonchev–Trinajstić information content (AvgIpc) is 3.26. The first-order chi connectivity index (χ1) is 9.69. The Morgan fingerprint density at radius 2 is 2.20 bits per heavy atom. The van der Waals surface area contributed by atoms with Crippen molar-refractivity contribution in [3.63, 3.8) is 0 Å². The summed E-state index contributed by atoms with van der Waals surface area (Å²) in [5, 5.41) is 3.51. The molecule has 1 aliphatic carbocycles. The first kappa shape index (κ1) is 15.4. The minimum Gasteiger partial charge on any atom is -0.383 e. The van der Waals surface area contributed by atoms with E-state index in [4.69, 9.17) is 4.74 Å². The number of nitrogens with one attached hydrogen (secondary N) is 1. The van der Waals surface area contributed by atoms with Crippen LogP contribution in [0.25, 0.3) is 0 Å². The van der Waals surface area contributed by atoms with Crippen LogP contribution in [0.2, 0.25) is 0 Å². The first-order valence-electron chi connectivity index (χ1n) is 7.59. The molecule has 1 saturated carbocycles. The van der Waals surface area contributed by atoms with Crippen molar-refractivity contribution in [1.82, 2.24) is 15.2 Å². The summed E-state index contributed by atoms with van der Waals surface area (Å²) >= 11 is 0. The minimum atomic E-state index is 0.503. The predicted octanol–water partition coefficient (Wildman–Crippen LogP) is 2.19. The predicted molar refractivity (Wildman–Crippen MR) is 81.5 cm³/mol. The lowest BCUT2D eigenvalue weighted by atomic mass is 10.2. The third-order valence-corrected chi connectivity index (χ3v) is 3.74. The summed E-state index contributed by atoms with van der Waals surface area (Å²) in [6.07, 6.45) is 4.66. The van der Waals surface area contributed by atoms with Gasteiger partial charge in [-0.2, -0.15) is 0 Å². The van der Waals surface area contributed by atoms with Crippen LogP contribution in [0.15, 0.2) is 18.3 Å². The smallest absolute Gasteiger partial charge is 0.0589 e. The molecule has 0 aromatic carbocycles. The molecule has 20 heavy (non-hydrogen) atoms. The number of methoxy groups -OCH3 is 1. The Balaban J connectivity index is 1.83. The van der Waals surface area contributed by atoms with Crippen LogP contribution in [-0.4, -0.2) is 42.2 Å². The Bertz CT molecular complexity index is 387. The molecule has 0 saturated heterocycles. The number of aromatic nitrogens is 1. The first-order valence-corrected chi connectivity index (χ1v) is 7.59. The van der Waals surface area contributed by atoms with Gasteiger partial charge >= 0.3 is 0 Å². The van der Waals surface area contributed by atoms with Gasteiger partial charge in [0.25, 0.3) is 0 Å². The number of hydrogen-bond acceptors (Lipinski definition) is 4. The van der Waals surface area contributed by atoms with E-state index in [1.54, 1.807) is 7.11 Å². The Kier molecular flexibility index (Phi) is 5.95. The number of nitrogens with zero attached hydrogens (tertiary/aromatic N) is 2. The molecule has 0 bridgehead atoms. The van der Waals surface area contributed by atoms with Crippen LogP contribution in [0.3, 0.4) is 0 Å². The van der Waals surface area contributed by atoms with E-state index in [1.807, 2.05) is 6.20 Å². The minimum absolute atomic E-state index is 0.503. The molecule has 0 amide bonds. The second kappa shape index (κ2) is 7.72. The monoisotopic (exact) mass is 277 g/mol. The molecule has 1 aliphatic rings. The van der Waals surface area contributed by atoms with E-state index in [0.717, 1.165) is 38.0 Å². The Morgan fingerprint density at radius 1 is 1.40 bits per heavy atom. The van der Waals surface area contributed by atoms with Crippen LogP contribution in [0.4, 0.5) is 0 Å². The van der Waals surface area contributed by atoms with Crippen LogP contribution < -0.4 is 5.32 Å². The lowest BCUT2D eigenvalue weighted by Gasteiger charge is -2.25. The van der Waals surface area contributed by atoms with Crippen molar-refractivity contribution in [3.8, 4) is 0 Å². The summed E-state index contributed by atoms with van der Waals surface area (Å²) in [7, 11) is 1.75. The van der Waals surface area contributed by atoms with Gasteiger partial charge in [0.05, 0.1) is 12.3 Å². The van der Waals surface area contributed by atoms with Crippen LogP contribution in [-0.2, 0) is 17.8 Å². The molecule has 4 heteroatoms. The maximum atomic E-state index is 5.17. The molecule has 2 rings (SSSR count). The molecule has 0 aliphatic heterocycles. The summed E-state index contributed by atoms with van der Waals surface area (Å²) in [5.41, 5.74) is 2.40. The van der Waals surface area contributed by atoms with Gasteiger partial charge in [0.2, 0.25) is 0 Å². The summed E-state index contributed by atoms with van der Waals surface area (Å²) in [5.74, 6) is 0. The van der Waals surface area contributed by atoms with Crippen molar-refractivity contribution in [1.29, 1.82) is 0 Å². The summed E-state index contributed by atoms with van der Waals surface area (Å²) < 4.78 is 5.17. The van der Waals surface area contributed by atoms with Gasteiger partial charge < -0.3 is 10.1 Å². The van der Waals surface area contributed by atoms with Gasteiger partial charge in [-0.15, -0.1) is 0 Å². The third kappa shape index (κ3) is 5.19.